The Morgan fingerprint density at radius 1 is 1.24 bits per heavy atom. The summed E-state index contributed by atoms with van der Waals surface area (Å²) in [5.41, 5.74) is 0.294. The summed E-state index contributed by atoms with van der Waals surface area (Å²) in [6.45, 7) is -0.692. The minimum absolute atomic E-state index is 0.243. The van der Waals surface area contributed by atoms with E-state index in [0.717, 1.165) is 4.68 Å². The van der Waals surface area contributed by atoms with E-state index in [9.17, 15) is 18.8 Å². The molecule has 0 fully saturated rings. The molecule has 9 heteroatoms. The zero-order valence-electron chi connectivity index (χ0n) is 13.6. The molecule has 1 N–H and O–H groups in total. The number of nitrogens with one attached hydrogen (secondary N) is 1. The van der Waals surface area contributed by atoms with Crippen LogP contribution < -0.4 is 15.6 Å². The monoisotopic (exact) mass is 349 g/mol. The molecule has 1 heterocycles. The molecule has 0 unspecified atom stereocenters. The molecule has 1 aromatic heterocycles. The van der Waals surface area contributed by atoms with Crippen LogP contribution >= 0.6 is 0 Å². The molecular formula is C16H16FN3O5. The lowest BCUT2D eigenvalue weighted by Crippen LogP contribution is -2.36. The fraction of sp³-hybridized carbons (Fsp3) is 0.250. The summed E-state index contributed by atoms with van der Waals surface area (Å²) in [4.78, 5) is 34.7. The van der Waals surface area contributed by atoms with Crippen LogP contribution in [0.1, 0.15) is 0 Å². The van der Waals surface area contributed by atoms with Crippen molar-refractivity contribution in [1.82, 2.24) is 15.1 Å². The highest BCUT2D eigenvalue weighted by atomic mass is 19.1. The van der Waals surface area contributed by atoms with Gasteiger partial charge in [0.05, 0.1) is 19.9 Å². The molecule has 8 nitrogen and oxygen atoms in total. The molecule has 132 valence electrons. The van der Waals surface area contributed by atoms with Crippen molar-refractivity contribution < 1.29 is 23.5 Å². The number of hydrogen-bond donors (Lipinski definition) is 1. The van der Waals surface area contributed by atoms with Gasteiger partial charge in [0.15, 0.2) is 0 Å². The first-order valence-electron chi connectivity index (χ1n) is 7.20. The molecule has 1 amide bonds. The third-order valence-corrected chi connectivity index (χ3v) is 3.26. The SMILES string of the molecule is COC(=O)CNC(=O)Cn1nc(-c2ccc(F)cc2OC)ccc1=O. The Balaban J connectivity index is 2.25. The Bertz CT molecular complexity index is 850. The lowest BCUT2D eigenvalue weighted by atomic mass is 10.1. The molecule has 0 saturated carbocycles. The predicted molar refractivity (Wildman–Crippen MR) is 85.5 cm³/mol. The molecule has 2 aromatic rings. The molecule has 2 rings (SSSR count). The van der Waals surface area contributed by atoms with Crippen LogP contribution in [0, 0.1) is 5.82 Å². The van der Waals surface area contributed by atoms with E-state index in [1.54, 1.807) is 0 Å². The van der Waals surface area contributed by atoms with Gasteiger partial charge in [-0.25, -0.2) is 9.07 Å². The van der Waals surface area contributed by atoms with Gasteiger partial charge in [-0.3, -0.25) is 14.4 Å². The van der Waals surface area contributed by atoms with Gasteiger partial charge in [-0.1, -0.05) is 0 Å². The van der Waals surface area contributed by atoms with E-state index in [2.05, 4.69) is 15.2 Å². The number of carbonyl (C=O) groups is 2. The quantitative estimate of drug-likeness (QED) is 0.756. The van der Waals surface area contributed by atoms with Crippen molar-refractivity contribution in [3.8, 4) is 17.0 Å². The third kappa shape index (κ3) is 4.63. The molecule has 0 aliphatic rings. The summed E-state index contributed by atoms with van der Waals surface area (Å²) in [6, 6.07) is 6.57. The smallest absolute Gasteiger partial charge is 0.325 e. The van der Waals surface area contributed by atoms with Gasteiger partial charge < -0.3 is 14.8 Å². The largest absolute Gasteiger partial charge is 0.496 e. The van der Waals surface area contributed by atoms with E-state index in [1.807, 2.05) is 0 Å². The molecule has 0 aliphatic carbocycles. The zero-order chi connectivity index (χ0) is 18.4. The van der Waals surface area contributed by atoms with Gasteiger partial charge in [0.1, 0.15) is 24.7 Å². The zero-order valence-corrected chi connectivity index (χ0v) is 13.6. The summed E-state index contributed by atoms with van der Waals surface area (Å²) in [5.74, 6) is -1.43. The number of benzene rings is 1. The number of nitrogens with zero attached hydrogens (tertiary/aromatic N) is 2. The number of hydrogen-bond acceptors (Lipinski definition) is 6. The van der Waals surface area contributed by atoms with Crippen LogP contribution in [-0.2, 0) is 20.9 Å². The second-order valence-electron chi connectivity index (χ2n) is 4.91. The third-order valence-electron chi connectivity index (χ3n) is 3.26. The van der Waals surface area contributed by atoms with Crippen molar-refractivity contribution >= 4 is 11.9 Å². The fourth-order valence-electron chi connectivity index (χ4n) is 2.02. The second-order valence-corrected chi connectivity index (χ2v) is 4.91. The molecule has 0 atom stereocenters. The minimum atomic E-state index is -0.613. The van der Waals surface area contributed by atoms with E-state index in [0.29, 0.717) is 11.3 Å². The first-order chi connectivity index (χ1) is 11.9. The van der Waals surface area contributed by atoms with Crippen LogP contribution in [0.4, 0.5) is 4.39 Å². The summed E-state index contributed by atoms with van der Waals surface area (Å²) in [6.07, 6.45) is 0. The van der Waals surface area contributed by atoms with Gasteiger partial charge in [0, 0.05) is 17.7 Å². The van der Waals surface area contributed by atoms with Crippen molar-refractivity contribution in [2.24, 2.45) is 0 Å². The van der Waals surface area contributed by atoms with Gasteiger partial charge in [-0.2, -0.15) is 5.10 Å². The molecule has 1 aromatic carbocycles. The number of ether oxygens (including phenoxy) is 2. The topological polar surface area (TPSA) is 99.5 Å². The first-order valence-corrected chi connectivity index (χ1v) is 7.20. The van der Waals surface area contributed by atoms with Crippen LogP contribution in [0.15, 0.2) is 35.1 Å². The Morgan fingerprint density at radius 2 is 2.00 bits per heavy atom. The standard InChI is InChI=1S/C16H16FN3O5/c1-24-13-7-10(17)3-4-11(13)12-5-6-15(22)20(19-12)9-14(21)18-8-16(23)25-2/h3-7H,8-9H2,1-2H3,(H,18,21). The highest BCUT2D eigenvalue weighted by Crippen LogP contribution is 2.28. The summed E-state index contributed by atoms with van der Waals surface area (Å²) in [7, 11) is 2.58. The first kappa shape index (κ1) is 18.1. The van der Waals surface area contributed by atoms with E-state index >= 15 is 0 Å². The van der Waals surface area contributed by atoms with E-state index in [-0.39, 0.29) is 18.8 Å². The highest BCUT2D eigenvalue weighted by Gasteiger charge is 2.12. The maximum atomic E-state index is 13.3. The average molecular weight is 349 g/mol. The van der Waals surface area contributed by atoms with Gasteiger partial charge in [-0.05, 0) is 18.2 Å². The lowest BCUT2D eigenvalue weighted by molar-refractivity contribution is -0.141. The molecular weight excluding hydrogens is 333 g/mol. The molecule has 0 saturated heterocycles. The molecule has 0 radical (unpaired) electrons. The number of amides is 1. The predicted octanol–water partition coefficient (Wildman–Crippen LogP) is 0.347. The van der Waals surface area contributed by atoms with E-state index in [4.69, 9.17) is 4.74 Å². The van der Waals surface area contributed by atoms with Crippen LogP contribution in [0.2, 0.25) is 0 Å². The molecule has 25 heavy (non-hydrogen) atoms. The van der Waals surface area contributed by atoms with Crippen molar-refractivity contribution in [2.75, 3.05) is 20.8 Å². The van der Waals surface area contributed by atoms with Crippen LogP contribution in [0.25, 0.3) is 11.3 Å². The number of halogens is 1. The maximum absolute atomic E-state index is 13.3. The number of carbonyl (C=O) groups excluding carboxylic acids is 2. The van der Waals surface area contributed by atoms with Crippen molar-refractivity contribution in [3.05, 3.63) is 46.5 Å². The fourth-order valence-corrected chi connectivity index (χ4v) is 2.02. The van der Waals surface area contributed by atoms with Gasteiger partial charge >= 0.3 is 5.97 Å². The Labute approximate surface area is 142 Å². The van der Waals surface area contributed by atoms with E-state index in [1.165, 1.54) is 44.6 Å². The van der Waals surface area contributed by atoms with Crippen LogP contribution in [-0.4, -0.2) is 42.4 Å². The summed E-state index contributed by atoms with van der Waals surface area (Å²) >= 11 is 0. The summed E-state index contributed by atoms with van der Waals surface area (Å²) in [5, 5.41) is 6.40. The normalized spacial score (nSPS) is 10.2. The van der Waals surface area contributed by atoms with Crippen molar-refractivity contribution in [1.29, 1.82) is 0 Å². The van der Waals surface area contributed by atoms with Crippen LogP contribution in [0.3, 0.4) is 0 Å². The van der Waals surface area contributed by atoms with E-state index < -0.39 is 23.3 Å². The minimum Gasteiger partial charge on any atom is -0.496 e. The number of rotatable bonds is 6. The molecule has 0 spiro atoms. The Morgan fingerprint density at radius 3 is 2.68 bits per heavy atom. The maximum Gasteiger partial charge on any atom is 0.325 e. The number of aromatic nitrogens is 2. The van der Waals surface area contributed by atoms with Gasteiger partial charge in [-0.15, -0.1) is 0 Å². The second kappa shape index (κ2) is 8.04. The lowest BCUT2D eigenvalue weighted by Gasteiger charge is -2.10. The number of methoxy groups -OCH3 is 2. The van der Waals surface area contributed by atoms with Gasteiger partial charge in [0.25, 0.3) is 5.56 Å². The van der Waals surface area contributed by atoms with Crippen molar-refractivity contribution in [3.63, 3.8) is 0 Å². The van der Waals surface area contributed by atoms with Gasteiger partial charge in [0.2, 0.25) is 5.91 Å². The molecule has 0 aliphatic heterocycles. The highest BCUT2D eigenvalue weighted by molar-refractivity contribution is 5.81. The van der Waals surface area contributed by atoms with Crippen LogP contribution in [0.5, 0.6) is 5.75 Å². The number of esters is 1. The Hall–Kier alpha value is -3.23. The Kier molecular flexibility index (Phi) is 5.83. The molecule has 0 bridgehead atoms. The summed E-state index contributed by atoms with van der Waals surface area (Å²) < 4.78 is 23.7. The van der Waals surface area contributed by atoms with Crippen molar-refractivity contribution in [2.45, 2.75) is 6.54 Å². The average Bonchev–Trinajstić information content (AvgIpc) is 2.61.